The van der Waals surface area contributed by atoms with Crippen molar-refractivity contribution in [3.8, 4) is 0 Å². The molecule has 1 aromatic carbocycles. The molecular weight excluding hydrogens is 315 g/mol. The monoisotopic (exact) mass is 344 g/mol. The second kappa shape index (κ2) is 8.85. The van der Waals surface area contributed by atoms with Crippen LogP contribution in [0.2, 0.25) is 6.32 Å². The molecule has 4 N–H and O–H groups in total. The van der Waals surface area contributed by atoms with Crippen LogP contribution in [0.5, 0.6) is 0 Å². The highest BCUT2D eigenvalue weighted by molar-refractivity contribution is 6.40. The molecule has 2 atom stereocenters. The third kappa shape index (κ3) is 5.08. The summed E-state index contributed by atoms with van der Waals surface area (Å²) < 4.78 is 6.07. The Hall–Kier alpha value is -1.34. The van der Waals surface area contributed by atoms with Gasteiger partial charge in [-0.1, -0.05) is 31.0 Å². The third-order valence-electron chi connectivity index (χ3n) is 5.21. The average Bonchev–Trinajstić information content (AvgIpc) is 3.22. The molecule has 0 saturated carbocycles. The van der Waals surface area contributed by atoms with E-state index in [-0.39, 0.29) is 6.04 Å². The molecule has 1 aliphatic heterocycles. The van der Waals surface area contributed by atoms with Crippen molar-refractivity contribution < 1.29 is 14.5 Å². The molecule has 1 saturated heterocycles. The van der Waals surface area contributed by atoms with E-state index in [0.29, 0.717) is 12.4 Å². The highest BCUT2D eigenvalue weighted by Crippen LogP contribution is 2.35. The van der Waals surface area contributed by atoms with Crippen LogP contribution in [-0.2, 0) is 0 Å². The van der Waals surface area contributed by atoms with Crippen molar-refractivity contribution in [2.75, 3.05) is 13.1 Å². The van der Waals surface area contributed by atoms with E-state index in [2.05, 4.69) is 17.0 Å². The summed E-state index contributed by atoms with van der Waals surface area (Å²) in [6, 6.07) is 10.9. The van der Waals surface area contributed by atoms with Gasteiger partial charge in [0.15, 0.2) is 0 Å². The summed E-state index contributed by atoms with van der Waals surface area (Å²) in [5, 5.41) is 18.9. The number of nitrogens with two attached hydrogens (primary N) is 1. The van der Waals surface area contributed by atoms with Crippen LogP contribution < -0.4 is 5.73 Å². The zero-order valence-electron chi connectivity index (χ0n) is 14.8. The Labute approximate surface area is 149 Å². The summed E-state index contributed by atoms with van der Waals surface area (Å²) >= 11 is 0. The SMILES string of the molecule is NC(CCCCB(O)O)CCN1CCCC1c1cc2ccccc2o1. The zero-order chi connectivity index (χ0) is 17.6. The highest BCUT2D eigenvalue weighted by Gasteiger charge is 2.28. The lowest BCUT2D eigenvalue weighted by Crippen LogP contribution is -2.30. The number of hydrogen-bond acceptors (Lipinski definition) is 5. The Morgan fingerprint density at radius 2 is 2.08 bits per heavy atom. The molecule has 1 aliphatic rings. The minimum atomic E-state index is -1.19. The average molecular weight is 344 g/mol. The maximum atomic E-state index is 8.86. The van der Waals surface area contributed by atoms with Gasteiger partial charge >= 0.3 is 7.12 Å². The molecule has 1 fully saturated rings. The predicted octanol–water partition coefficient (Wildman–Crippen LogP) is 2.93. The van der Waals surface area contributed by atoms with Gasteiger partial charge in [-0.2, -0.15) is 0 Å². The molecule has 0 aliphatic carbocycles. The van der Waals surface area contributed by atoms with Gasteiger partial charge < -0.3 is 20.2 Å². The van der Waals surface area contributed by atoms with Crippen LogP contribution in [0.15, 0.2) is 34.7 Å². The van der Waals surface area contributed by atoms with Gasteiger partial charge in [-0.25, -0.2) is 0 Å². The molecular formula is C19H29BN2O3. The maximum Gasteiger partial charge on any atom is 0.451 e. The first-order valence-electron chi connectivity index (χ1n) is 9.48. The van der Waals surface area contributed by atoms with E-state index in [4.69, 9.17) is 20.2 Å². The number of likely N-dealkylation sites (tertiary alicyclic amines) is 1. The van der Waals surface area contributed by atoms with E-state index in [1.165, 1.54) is 11.8 Å². The summed E-state index contributed by atoms with van der Waals surface area (Å²) in [4.78, 5) is 2.50. The van der Waals surface area contributed by atoms with Gasteiger partial charge in [-0.3, -0.25) is 4.90 Å². The molecule has 136 valence electrons. The normalized spacial score (nSPS) is 19.6. The number of rotatable bonds is 9. The fourth-order valence-corrected chi connectivity index (χ4v) is 3.79. The minimum absolute atomic E-state index is 0.174. The molecule has 5 nitrogen and oxygen atoms in total. The quantitative estimate of drug-likeness (QED) is 0.481. The number of benzene rings is 1. The lowest BCUT2D eigenvalue weighted by Gasteiger charge is -2.24. The topological polar surface area (TPSA) is 82.9 Å². The Balaban J connectivity index is 1.48. The summed E-state index contributed by atoms with van der Waals surface area (Å²) in [6.45, 7) is 2.09. The smallest absolute Gasteiger partial charge is 0.451 e. The first-order chi connectivity index (χ1) is 12.1. The second-order valence-electron chi connectivity index (χ2n) is 7.19. The zero-order valence-corrected chi connectivity index (χ0v) is 14.8. The van der Waals surface area contributed by atoms with E-state index >= 15 is 0 Å². The maximum absolute atomic E-state index is 8.86. The van der Waals surface area contributed by atoms with Crippen LogP contribution in [0.25, 0.3) is 11.0 Å². The molecule has 0 spiro atoms. The molecule has 1 aromatic heterocycles. The number of nitrogens with zero attached hydrogens (tertiary/aromatic N) is 1. The molecule has 0 bridgehead atoms. The van der Waals surface area contributed by atoms with Crippen LogP contribution in [0.1, 0.15) is 50.3 Å². The van der Waals surface area contributed by atoms with Crippen molar-refractivity contribution in [3.63, 3.8) is 0 Å². The van der Waals surface area contributed by atoms with Gasteiger partial charge in [0.1, 0.15) is 11.3 Å². The molecule has 2 heterocycles. The van der Waals surface area contributed by atoms with Crippen LogP contribution >= 0.6 is 0 Å². The summed E-state index contributed by atoms with van der Waals surface area (Å²) in [5.41, 5.74) is 7.20. The largest absolute Gasteiger partial charge is 0.459 e. The van der Waals surface area contributed by atoms with Gasteiger partial charge in [-0.15, -0.1) is 0 Å². The molecule has 0 amide bonds. The predicted molar refractivity (Wildman–Crippen MR) is 101 cm³/mol. The molecule has 3 rings (SSSR count). The first-order valence-corrected chi connectivity index (χ1v) is 9.48. The Morgan fingerprint density at radius 1 is 1.24 bits per heavy atom. The molecule has 2 unspecified atom stereocenters. The van der Waals surface area contributed by atoms with Crippen LogP contribution in [0, 0.1) is 0 Å². The highest BCUT2D eigenvalue weighted by atomic mass is 16.4. The molecule has 2 aromatic rings. The van der Waals surface area contributed by atoms with Crippen LogP contribution in [0.3, 0.4) is 0 Å². The molecule has 6 heteroatoms. The summed E-state index contributed by atoms with van der Waals surface area (Å²) in [6.07, 6.45) is 6.46. The fourth-order valence-electron chi connectivity index (χ4n) is 3.79. The summed E-state index contributed by atoms with van der Waals surface area (Å²) in [5.74, 6) is 1.07. The number of para-hydroxylation sites is 1. The Morgan fingerprint density at radius 3 is 2.88 bits per heavy atom. The van der Waals surface area contributed by atoms with E-state index < -0.39 is 7.12 Å². The third-order valence-corrected chi connectivity index (χ3v) is 5.21. The molecule has 0 radical (unpaired) electrons. The van der Waals surface area contributed by atoms with E-state index in [1.807, 2.05) is 18.2 Å². The standard InChI is InChI=1S/C19H29BN2O3/c21-16(7-3-4-11-20(23)24)10-13-22-12-5-8-17(22)19-14-15-6-1-2-9-18(15)25-19/h1-2,6,9,14,16-17,23-24H,3-5,7-8,10-13,21H2. The van der Waals surface area contributed by atoms with Crippen molar-refractivity contribution in [2.45, 2.75) is 56.9 Å². The van der Waals surface area contributed by atoms with Crippen LogP contribution in [0.4, 0.5) is 0 Å². The van der Waals surface area contributed by atoms with Crippen molar-refractivity contribution in [2.24, 2.45) is 5.73 Å². The lowest BCUT2D eigenvalue weighted by molar-refractivity contribution is 0.222. The first kappa shape index (κ1) is 18.5. The van der Waals surface area contributed by atoms with E-state index in [1.54, 1.807) is 0 Å². The number of furan rings is 1. The molecule has 25 heavy (non-hydrogen) atoms. The number of fused-ring (bicyclic) bond motifs is 1. The van der Waals surface area contributed by atoms with Crippen molar-refractivity contribution in [1.82, 2.24) is 4.90 Å². The number of unbranched alkanes of at least 4 members (excludes halogenated alkanes) is 1. The Kier molecular flexibility index (Phi) is 6.54. The van der Waals surface area contributed by atoms with Gasteiger partial charge in [-0.05, 0) is 50.7 Å². The van der Waals surface area contributed by atoms with Crippen molar-refractivity contribution in [1.29, 1.82) is 0 Å². The van der Waals surface area contributed by atoms with Gasteiger partial charge in [0, 0.05) is 18.0 Å². The van der Waals surface area contributed by atoms with E-state index in [0.717, 1.165) is 56.5 Å². The fraction of sp³-hybridized carbons (Fsp3) is 0.579. The Bertz CT molecular complexity index is 628. The van der Waals surface area contributed by atoms with Crippen molar-refractivity contribution >= 4 is 18.1 Å². The van der Waals surface area contributed by atoms with Gasteiger partial charge in [0.25, 0.3) is 0 Å². The van der Waals surface area contributed by atoms with Gasteiger partial charge in [0.2, 0.25) is 0 Å². The van der Waals surface area contributed by atoms with E-state index in [9.17, 15) is 0 Å². The minimum Gasteiger partial charge on any atom is -0.459 e. The van der Waals surface area contributed by atoms with Crippen LogP contribution in [-0.4, -0.2) is 41.2 Å². The lowest BCUT2D eigenvalue weighted by atomic mass is 9.83. The number of hydrogen-bond donors (Lipinski definition) is 3. The second-order valence-corrected chi connectivity index (χ2v) is 7.19. The summed E-state index contributed by atoms with van der Waals surface area (Å²) in [7, 11) is -1.19. The van der Waals surface area contributed by atoms with Crippen molar-refractivity contribution in [3.05, 3.63) is 36.1 Å². The van der Waals surface area contributed by atoms with Gasteiger partial charge in [0.05, 0.1) is 6.04 Å².